The summed E-state index contributed by atoms with van der Waals surface area (Å²) in [7, 11) is 1.82. The first-order valence-corrected chi connectivity index (χ1v) is 5.59. The molecule has 0 bridgehead atoms. The van der Waals surface area contributed by atoms with Crippen LogP contribution in [0.25, 0.3) is 0 Å². The van der Waals surface area contributed by atoms with E-state index in [0.717, 1.165) is 11.3 Å². The Bertz CT molecular complexity index is 583. The second-order valence-electron chi connectivity index (χ2n) is 4.14. The number of benzene rings is 1. The molecule has 0 atom stereocenters. The lowest BCUT2D eigenvalue weighted by Crippen LogP contribution is -2.15. The zero-order valence-corrected chi connectivity index (χ0v) is 10.6. The molecule has 0 aliphatic rings. The molecule has 0 aliphatic heterocycles. The van der Waals surface area contributed by atoms with Gasteiger partial charge in [0.25, 0.3) is 0 Å². The fourth-order valence-electron chi connectivity index (χ4n) is 1.77. The number of anilines is 3. The predicted octanol–water partition coefficient (Wildman–Crippen LogP) is 2.58. The van der Waals surface area contributed by atoms with Crippen molar-refractivity contribution >= 4 is 17.3 Å². The van der Waals surface area contributed by atoms with E-state index in [0.29, 0.717) is 17.5 Å². The first-order chi connectivity index (χ1) is 8.49. The summed E-state index contributed by atoms with van der Waals surface area (Å²) in [5, 5.41) is 0. The van der Waals surface area contributed by atoms with Gasteiger partial charge in [0.1, 0.15) is 23.3 Å². The Kier molecular flexibility index (Phi) is 3.14. The monoisotopic (exact) mass is 246 g/mol. The Labute approximate surface area is 105 Å². The van der Waals surface area contributed by atoms with Gasteiger partial charge in [-0.2, -0.15) is 0 Å². The highest BCUT2D eigenvalue weighted by atomic mass is 19.1. The van der Waals surface area contributed by atoms with Crippen LogP contribution in [0.3, 0.4) is 0 Å². The molecule has 5 heteroatoms. The molecule has 2 rings (SSSR count). The van der Waals surface area contributed by atoms with Gasteiger partial charge in [-0.3, -0.25) is 0 Å². The minimum Gasteiger partial charge on any atom is -0.383 e. The fraction of sp³-hybridized carbons (Fsp3) is 0.231. The highest BCUT2D eigenvalue weighted by Crippen LogP contribution is 2.27. The van der Waals surface area contributed by atoms with E-state index in [1.165, 1.54) is 12.1 Å². The van der Waals surface area contributed by atoms with E-state index in [1.54, 1.807) is 17.9 Å². The van der Waals surface area contributed by atoms with Crippen LogP contribution in [0.5, 0.6) is 0 Å². The molecule has 18 heavy (non-hydrogen) atoms. The number of hydrogen-bond acceptors (Lipinski definition) is 4. The molecule has 0 saturated carbocycles. The Morgan fingerprint density at radius 1 is 1.22 bits per heavy atom. The normalized spacial score (nSPS) is 10.4. The Hall–Kier alpha value is -2.17. The third-order valence-electron chi connectivity index (χ3n) is 2.78. The molecule has 0 saturated heterocycles. The van der Waals surface area contributed by atoms with Crippen molar-refractivity contribution in [3.8, 4) is 0 Å². The lowest BCUT2D eigenvalue weighted by atomic mass is 10.2. The third-order valence-corrected chi connectivity index (χ3v) is 2.78. The number of nitrogens with two attached hydrogens (primary N) is 1. The van der Waals surface area contributed by atoms with E-state index in [1.807, 2.05) is 20.0 Å². The topological polar surface area (TPSA) is 55.0 Å². The molecule has 2 aromatic rings. The van der Waals surface area contributed by atoms with Crippen LogP contribution >= 0.6 is 0 Å². The molecule has 0 spiro atoms. The molecule has 94 valence electrons. The molecule has 0 aliphatic carbocycles. The Morgan fingerprint density at radius 2 is 1.94 bits per heavy atom. The minimum atomic E-state index is -0.282. The van der Waals surface area contributed by atoms with Crippen molar-refractivity contribution in [3.05, 3.63) is 41.5 Å². The van der Waals surface area contributed by atoms with Crippen molar-refractivity contribution in [1.82, 2.24) is 9.97 Å². The summed E-state index contributed by atoms with van der Waals surface area (Å²) in [4.78, 5) is 10.2. The van der Waals surface area contributed by atoms with Crippen LogP contribution in [0, 0.1) is 19.7 Å². The number of nitrogens with zero attached hydrogens (tertiary/aromatic N) is 3. The summed E-state index contributed by atoms with van der Waals surface area (Å²) >= 11 is 0. The zero-order valence-electron chi connectivity index (χ0n) is 10.6. The fourth-order valence-corrected chi connectivity index (χ4v) is 1.77. The van der Waals surface area contributed by atoms with Gasteiger partial charge in [-0.15, -0.1) is 0 Å². The molecular weight excluding hydrogens is 231 g/mol. The van der Waals surface area contributed by atoms with Gasteiger partial charge >= 0.3 is 0 Å². The summed E-state index contributed by atoms with van der Waals surface area (Å²) in [6.07, 6.45) is 0. The van der Waals surface area contributed by atoms with Crippen molar-refractivity contribution < 1.29 is 4.39 Å². The van der Waals surface area contributed by atoms with E-state index in [-0.39, 0.29) is 5.82 Å². The average Bonchev–Trinajstić information content (AvgIpc) is 2.33. The van der Waals surface area contributed by atoms with Gasteiger partial charge in [-0.1, -0.05) is 6.07 Å². The van der Waals surface area contributed by atoms with Crippen LogP contribution in [0.4, 0.5) is 21.7 Å². The predicted molar refractivity (Wildman–Crippen MR) is 70.4 cm³/mol. The van der Waals surface area contributed by atoms with E-state index in [9.17, 15) is 4.39 Å². The largest absolute Gasteiger partial charge is 0.383 e. The average molecular weight is 246 g/mol. The van der Waals surface area contributed by atoms with Crippen molar-refractivity contribution in [2.45, 2.75) is 13.8 Å². The highest BCUT2D eigenvalue weighted by molar-refractivity contribution is 5.65. The second-order valence-corrected chi connectivity index (χ2v) is 4.14. The molecule has 0 amide bonds. The van der Waals surface area contributed by atoms with Crippen LogP contribution in [0.15, 0.2) is 24.3 Å². The van der Waals surface area contributed by atoms with Crippen molar-refractivity contribution in [2.24, 2.45) is 0 Å². The van der Waals surface area contributed by atoms with E-state index in [2.05, 4.69) is 9.97 Å². The molecular formula is C13H15FN4. The van der Waals surface area contributed by atoms with Crippen molar-refractivity contribution in [1.29, 1.82) is 0 Å². The molecule has 0 radical (unpaired) electrons. The second kappa shape index (κ2) is 4.60. The zero-order chi connectivity index (χ0) is 13.3. The standard InChI is InChI=1S/C13H15FN4/c1-8-12(15)16-9(2)17-13(8)18(3)11-6-4-5-10(14)7-11/h4-7H,1-3H3,(H2,15,16,17). The number of hydrogen-bond donors (Lipinski definition) is 1. The quantitative estimate of drug-likeness (QED) is 0.884. The van der Waals surface area contributed by atoms with Crippen LogP contribution in [0.1, 0.15) is 11.4 Å². The summed E-state index contributed by atoms with van der Waals surface area (Å²) in [6, 6.07) is 6.33. The van der Waals surface area contributed by atoms with Gasteiger partial charge in [0.05, 0.1) is 0 Å². The van der Waals surface area contributed by atoms with E-state index in [4.69, 9.17) is 5.73 Å². The molecule has 0 unspecified atom stereocenters. The maximum Gasteiger partial charge on any atom is 0.141 e. The first-order valence-electron chi connectivity index (χ1n) is 5.59. The summed E-state index contributed by atoms with van der Waals surface area (Å²) in [6.45, 7) is 3.62. The van der Waals surface area contributed by atoms with Gasteiger partial charge in [-0.05, 0) is 32.0 Å². The summed E-state index contributed by atoms with van der Waals surface area (Å²) < 4.78 is 13.2. The summed E-state index contributed by atoms with van der Waals surface area (Å²) in [5.41, 5.74) is 7.32. The van der Waals surface area contributed by atoms with Gasteiger partial charge < -0.3 is 10.6 Å². The third kappa shape index (κ3) is 2.25. The summed E-state index contributed by atoms with van der Waals surface area (Å²) in [5.74, 6) is 1.44. The van der Waals surface area contributed by atoms with Crippen molar-refractivity contribution in [3.63, 3.8) is 0 Å². The number of aromatic nitrogens is 2. The van der Waals surface area contributed by atoms with Crippen LogP contribution in [0.2, 0.25) is 0 Å². The minimum absolute atomic E-state index is 0.282. The molecule has 2 N–H and O–H groups in total. The van der Waals surface area contributed by atoms with Crippen molar-refractivity contribution in [2.75, 3.05) is 17.7 Å². The van der Waals surface area contributed by atoms with Crippen LogP contribution < -0.4 is 10.6 Å². The van der Waals surface area contributed by atoms with Gasteiger partial charge in [0.15, 0.2) is 0 Å². The Balaban J connectivity index is 2.49. The van der Waals surface area contributed by atoms with E-state index < -0.39 is 0 Å². The molecule has 4 nitrogen and oxygen atoms in total. The molecule has 1 aromatic heterocycles. The van der Waals surface area contributed by atoms with Gasteiger partial charge in [-0.25, -0.2) is 14.4 Å². The lowest BCUT2D eigenvalue weighted by molar-refractivity contribution is 0.628. The smallest absolute Gasteiger partial charge is 0.141 e. The van der Waals surface area contributed by atoms with E-state index >= 15 is 0 Å². The molecule has 1 heterocycles. The maximum atomic E-state index is 13.2. The van der Waals surface area contributed by atoms with Crippen LogP contribution in [-0.2, 0) is 0 Å². The van der Waals surface area contributed by atoms with Gasteiger partial charge in [0.2, 0.25) is 0 Å². The number of aryl methyl sites for hydroxylation is 1. The van der Waals surface area contributed by atoms with Gasteiger partial charge in [0, 0.05) is 18.3 Å². The SMILES string of the molecule is Cc1nc(N)c(C)c(N(C)c2cccc(F)c2)n1. The lowest BCUT2D eigenvalue weighted by Gasteiger charge is -2.21. The Morgan fingerprint density at radius 3 is 2.61 bits per heavy atom. The number of nitrogen functional groups attached to an aromatic ring is 1. The van der Waals surface area contributed by atoms with Crippen LogP contribution in [-0.4, -0.2) is 17.0 Å². The highest BCUT2D eigenvalue weighted by Gasteiger charge is 2.12. The number of halogens is 1. The maximum absolute atomic E-state index is 13.2. The molecule has 0 fully saturated rings. The number of rotatable bonds is 2. The first kappa shape index (κ1) is 12.3. The molecule has 1 aromatic carbocycles.